The van der Waals surface area contributed by atoms with Gasteiger partial charge in [0.25, 0.3) is 5.91 Å². The molecule has 2 heterocycles. The van der Waals surface area contributed by atoms with Gasteiger partial charge in [0.05, 0.1) is 11.4 Å². The summed E-state index contributed by atoms with van der Waals surface area (Å²) in [6, 6.07) is 4.85. The molecule has 1 aromatic carbocycles. The first-order valence-corrected chi connectivity index (χ1v) is 7.77. The molecule has 2 aromatic heterocycles. The van der Waals surface area contributed by atoms with Crippen molar-refractivity contribution in [3.05, 3.63) is 45.1 Å². The zero-order valence-electron chi connectivity index (χ0n) is 11.9. The minimum Gasteiger partial charge on any atom is -0.344 e. The first kappa shape index (κ1) is 14.9. The van der Waals surface area contributed by atoms with Crippen LogP contribution in [0.5, 0.6) is 0 Å². The van der Waals surface area contributed by atoms with Gasteiger partial charge in [-0.2, -0.15) is 5.10 Å². The number of aromatic nitrogens is 3. The molecule has 0 bridgehead atoms. The Balaban J connectivity index is 1.86. The van der Waals surface area contributed by atoms with Crippen molar-refractivity contribution in [2.75, 3.05) is 0 Å². The Morgan fingerprint density at radius 3 is 2.95 bits per heavy atom. The van der Waals surface area contributed by atoms with Crippen molar-refractivity contribution in [3.8, 4) is 0 Å². The molecule has 22 heavy (non-hydrogen) atoms. The molecule has 2 N–H and O–H groups in total. The minimum absolute atomic E-state index is 0.244. The Labute approximate surface area is 134 Å². The molecule has 0 saturated carbocycles. The summed E-state index contributed by atoms with van der Waals surface area (Å²) in [4.78, 5) is 12.9. The molecule has 0 saturated heterocycles. The molecule has 0 unspecified atom stereocenters. The fourth-order valence-corrected chi connectivity index (χ4v) is 3.54. The molecule has 0 fully saturated rings. The van der Waals surface area contributed by atoms with Crippen molar-refractivity contribution in [1.82, 2.24) is 20.1 Å². The van der Waals surface area contributed by atoms with Gasteiger partial charge in [0, 0.05) is 17.1 Å². The van der Waals surface area contributed by atoms with Crippen LogP contribution in [0.4, 0.5) is 4.39 Å². The number of carbonyl (C=O) groups excluding carboxylic acids is 1. The summed E-state index contributed by atoms with van der Waals surface area (Å²) in [5, 5.41) is 9.99. The Morgan fingerprint density at radius 2 is 2.32 bits per heavy atom. The van der Waals surface area contributed by atoms with Crippen molar-refractivity contribution in [1.29, 1.82) is 0 Å². The lowest BCUT2D eigenvalue weighted by molar-refractivity contribution is 0.0953. The number of benzene rings is 1. The van der Waals surface area contributed by atoms with Crippen molar-refractivity contribution in [3.63, 3.8) is 0 Å². The van der Waals surface area contributed by atoms with Gasteiger partial charge in [0.1, 0.15) is 5.82 Å². The Morgan fingerprint density at radius 1 is 1.55 bits per heavy atom. The number of nitrogens with one attached hydrogen (secondary N) is 2. The van der Waals surface area contributed by atoms with E-state index in [1.807, 2.05) is 6.07 Å². The number of aromatic amines is 1. The molecule has 3 rings (SSSR count). The van der Waals surface area contributed by atoms with Gasteiger partial charge in [-0.3, -0.25) is 9.89 Å². The maximum Gasteiger partial charge on any atom is 0.262 e. The highest BCUT2D eigenvalue weighted by Gasteiger charge is 2.18. The summed E-state index contributed by atoms with van der Waals surface area (Å²) in [5.41, 5.74) is 0.658. The number of H-pyrrole nitrogens is 1. The molecule has 1 amide bonds. The largest absolute Gasteiger partial charge is 0.344 e. The Kier molecular flexibility index (Phi) is 3.79. The highest BCUT2D eigenvalue weighted by atomic mass is 32.1. The molecule has 114 valence electrons. The summed E-state index contributed by atoms with van der Waals surface area (Å²) in [7, 11) is 1.77. The molecular weight excluding hydrogens is 323 g/mol. The van der Waals surface area contributed by atoms with Crippen LogP contribution in [-0.2, 0) is 13.6 Å². The van der Waals surface area contributed by atoms with Gasteiger partial charge in [0.15, 0.2) is 10.6 Å². The van der Waals surface area contributed by atoms with E-state index >= 15 is 0 Å². The number of thiophene rings is 1. The normalized spacial score (nSPS) is 11.0. The first-order valence-electron chi connectivity index (χ1n) is 6.55. The third kappa shape index (κ3) is 2.44. The number of aryl methyl sites for hydroxylation is 1. The van der Waals surface area contributed by atoms with Gasteiger partial charge in [-0.25, -0.2) is 4.39 Å². The maximum absolute atomic E-state index is 13.9. The molecule has 0 aliphatic carbocycles. The first-order chi connectivity index (χ1) is 10.5. The van der Waals surface area contributed by atoms with Gasteiger partial charge in [0.2, 0.25) is 0 Å². The van der Waals surface area contributed by atoms with Crippen molar-refractivity contribution >= 4 is 39.5 Å². The summed E-state index contributed by atoms with van der Waals surface area (Å²) in [6.45, 7) is 2.01. The van der Waals surface area contributed by atoms with E-state index in [1.165, 1.54) is 17.4 Å². The zero-order valence-corrected chi connectivity index (χ0v) is 13.6. The summed E-state index contributed by atoms with van der Waals surface area (Å²) in [6.07, 6.45) is 0. The lowest BCUT2D eigenvalue weighted by Crippen LogP contribution is -2.24. The van der Waals surface area contributed by atoms with Crippen molar-refractivity contribution < 1.29 is 9.18 Å². The molecule has 8 heteroatoms. The van der Waals surface area contributed by atoms with E-state index in [4.69, 9.17) is 12.2 Å². The van der Waals surface area contributed by atoms with E-state index in [0.717, 1.165) is 4.70 Å². The standard InChI is InChI=1S/C14H13FN4OS2/c1-7-11-8(15)4-3-5-9(11)22-12(7)13(20)16-6-10-17-18-14(21)19(10)2/h3-5H,6H2,1-2H3,(H,16,20)(H,18,21). The van der Waals surface area contributed by atoms with Crippen molar-refractivity contribution in [2.45, 2.75) is 13.5 Å². The molecule has 0 aliphatic heterocycles. The second-order valence-corrected chi connectivity index (χ2v) is 6.29. The number of halogens is 1. The molecule has 0 atom stereocenters. The fourth-order valence-electron chi connectivity index (χ4n) is 2.25. The van der Waals surface area contributed by atoms with Gasteiger partial charge in [-0.15, -0.1) is 11.3 Å². The second kappa shape index (κ2) is 5.62. The van der Waals surface area contributed by atoms with Crippen LogP contribution in [-0.4, -0.2) is 20.7 Å². The minimum atomic E-state index is -0.306. The van der Waals surface area contributed by atoms with Gasteiger partial charge >= 0.3 is 0 Å². The predicted octanol–water partition coefficient (Wildman–Crippen LogP) is 3.07. The summed E-state index contributed by atoms with van der Waals surface area (Å²) in [5.74, 6) is 0.0788. The number of fused-ring (bicyclic) bond motifs is 1. The lowest BCUT2D eigenvalue weighted by atomic mass is 10.1. The number of rotatable bonds is 3. The van der Waals surface area contributed by atoms with E-state index in [0.29, 0.717) is 26.4 Å². The van der Waals surface area contributed by atoms with Crippen molar-refractivity contribution in [2.24, 2.45) is 7.05 Å². The van der Waals surface area contributed by atoms with Crippen LogP contribution in [0.1, 0.15) is 21.1 Å². The average Bonchev–Trinajstić information content (AvgIpc) is 2.99. The van der Waals surface area contributed by atoms with Crippen LogP contribution < -0.4 is 5.32 Å². The van der Waals surface area contributed by atoms with E-state index in [2.05, 4.69) is 15.5 Å². The molecule has 0 aliphatic rings. The van der Waals surface area contributed by atoms with E-state index in [-0.39, 0.29) is 18.3 Å². The lowest BCUT2D eigenvalue weighted by Gasteiger charge is -2.04. The highest BCUT2D eigenvalue weighted by molar-refractivity contribution is 7.71. The summed E-state index contributed by atoms with van der Waals surface area (Å²) < 4.78 is 16.8. The van der Waals surface area contributed by atoms with E-state index in [9.17, 15) is 9.18 Å². The molecule has 0 radical (unpaired) electrons. The number of nitrogens with zero attached hydrogens (tertiary/aromatic N) is 2. The number of amides is 1. The fraction of sp³-hybridized carbons (Fsp3) is 0.214. The Hall–Kier alpha value is -2.06. The molecule has 0 spiro atoms. The van der Waals surface area contributed by atoms with E-state index < -0.39 is 0 Å². The number of hydrogen-bond donors (Lipinski definition) is 2. The number of hydrogen-bond acceptors (Lipinski definition) is 4. The third-order valence-corrected chi connectivity index (χ3v) is 5.11. The smallest absolute Gasteiger partial charge is 0.262 e. The number of carbonyl (C=O) groups is 1. The maximum atomic E-state index is 13.9. The van der Waals surface area contributed by atoms with Crippen LogP contribution in [0.25, 0.3) is 10.1 Å². The third-order valence-electron chi connectivity index (χ3n) is 3.49. The SMILES string of the molecule is Cc1c(C(=O)NCc2n[nH]c(=S)n2C)sc2cccc(F)c12. The Bertz CT molecular complexity index is 925. The van der Waals surface area contributed by atoms with Gasteiger partial charge in [-0.05, 0) is 36.8 Å². The van der Waals surface area contributed by atoms with Crippen LogP contribution >= 0.6 is 23.6 Å². The molecule has 5 nitrogen and oxygen atoms in total. The zero-order chi connectivity index (χ0) is 15.9. The molecule has 3 aromatic rings. The van der Waals surface area contributed by atoms with Gasteiger partial charge in [-0.1, -0.05) is 6.07 Å². The highest BCUT2D eigenvalue weighted by Crippen LogP contribution is 2.32. The average molecular weight is 336 g/mol. The van der Waals surface area contributed by atoms with Gasteiger partial charge < -0.3 is 9.88 Å². The monoisotopic (exact) mass is 336 g/mol. The van der Waals surface area contributed by atoms with Crippen LogP contribution in [0.2, 0.25) is 0 Å². The molecular formula is C14H13FN4OS2. The predicted molar refractivity (Wildman–Crippen MR) is 86.1 cm³/mol. The quantitative estimate of drug-likeness (QED) is 0.723. The topological polar surface area (TPSA) is 62.7 Å². The van der Waals surface area contributed by atoms with E-state index in [1.54, 1.807) is 24.6 Å². The van der Waals surface area contributed by atoms with Crippen LogP contribution in [0.3, 0.4) is 0 Å². The second-order valence-electron chi connectivity index (χ2n) is 4.86. The van der Waals surface area contributed by atoms with Crippen LogP contribution in [0.15, 0.2) is 18.2 Å². The van der Waals surface area contributed by atoms with Crippen LogP contribution in [0, 0.1) is 17.5 Å². The summed E-state index contributed by atoms with van der Waals surface area (Å²) >= 11 is 6.30.